The number of para-hydroxylation sites is 3. The molecule has 1 N–H and O–H groups in total. The van der Waals surface area contributed by atoms with Gasteiger partial charge in [0.2, 0.25) is 5.75 Å². The molecule has 0 fully saturated rings. The highest BCUT2D eigenvalue weighted by atomic mass is 35.5. The van der Waals surface area contributed by atoms with Gasteiger partial charge < -0.3 is 9.84 Å². The molecule has 2 rings (SSSR count). The van der Waals surface area contributed by atoms with Crippen LogP contribution in [0.3, 0.4) is 0 Å². The van der Waals surface area contributed by atoms with Gasteiger partial charge in [0.05, 0.1) is 16.6 Å². The molecule has 0 radical (unpaired) electrons. The second-order valence-corrected chi connectivity index (χ2v) is 4.12. The Labute approximate surface area is 114 Å². The number of hydrogen-bond acceptors (Lipinski definition) is 4. The van der Waals surface area contributed by atoms with E-state index in [1.54, 1.807) is 30.3 Å². The summed E-state index contributed by atoms with van der Waals surface area (Å²) in [5.41, 5.74) is 0.303. The number of hydrogen-bond donors (Lipinski definition) is 1. The van der Waals surface area contributed by atoms with E-state index in [4.69, 9.17) is 16.3 Å². The Morgan fingerprint density at radius 3 is 2.63 bits per heavy atom. The number of benzene rings is 2. The molecule has 0 heterocycles. The average Bonchev–Trinajstić information content (AvgIpc) is 2.41. The molecule has 19 heavy (non-hydrogen) atoms. The highest BCUT2D eigenvalue weighted by Gasteiger charge is 2.17. The van der Waals surface area contributed by atoms with Crippen molar-refractivity contribution < 1.29 is 14.8 Å². The van der Waals surface area contributed by atoms with Crippen molar-refractivity contribution in [2.75, 3.05) is 0 Å². The van der Waals surface area contributed by atoms with Crippen LogP contribution in [0.5, 0.6) is 11.5 Å². The summed E-state index contributed by atoms with van der Waals surface area (Å²) in [7, 11) is 0. The van der Waals surface area contributed by atoms with Crippen LogP contribution in [0.1, 0.15) is 5.56 Å². The molecule has 0 aliphatic rings. The van der Waals surface area contributed by atoms with Gasteiger partial charge in [-0.3, -0.25) is 10.1 Å². The van der Waals surface area contributed by atoms with Crippen LogP contribution >= 0.6 is 11.6 Å². The predicted molar refractivity (Wildman–Crippen MR) is 70.5 cm³/mol. The lowest BCUT2D eigenvalue weighted by molar-refractivity contribution is -0.385. The van der Waals surface area contributed by atoms with Crippen LogP contribution in [-0.2, 0) is 6.61 Å². The van der Waals surface area contributed by atoms with Gasteiger partial charge in [0, 0.05) is 11.6 Å². The van der Waals surface area contributed by atoms with E-state index in [9.17, 15) is 15.2 Å². The predicted octanol–water partition coefficient (Wildman–Crippen LogP) is 3.53. The molecular formula is C13H10ClNO4. The number of aliphatic hydroxyl groups excluding tert-OH is 1. The number of nitro groups is 1. The first-order valence-electron chi connectivity index (χ1n) is 5.43. The SMILES string of the molecule is O=[N+]([O-])c1ccccc1Oc1c(Cl)cccc1CO. The molecule has 0 saturated heterocycles. The number of aliphatic hydroxyl groups is 1. The van der Waals surface area contributed by atoms with Crippen molar-refractivity contribution in [1.29, 1.82) is 0 Å². The maximum Gasteiger partial charge on any atom is 0.311 e. The summed E-state index contributed by atoms with van der Waals surface area (Å²) in [5, 5.41) is 20.4. The summed E-state index contributed by atoms with van der Waals surface area (Å²) in [6, 6.07) is 10.9. The van der Waals surface area contributed by atoms with Gasteiger partial charge >= 0.3 is 5.69 Å². The lowest BCUT2D eigenvalue weighted by atomic mass is 10.2. The van der Waals surface area contributed by atoms with Crippen molar-refractivity contribution in [3.8, 4) is 11.5 Å². The molecule has 0 bridgehead atoms. The first-order valence-corrected chi connectivity index (χ1v) is 5.81. The van der Waals surface area contributed by atoms with Crippen LogP contribution in [0.25, 0.3) is 0 Å². The largest absolute Gasteiger partial charge is 0.448 e. The maximum atomic E-state index is 10.9. The Kier molecular flexibility index (Phi) is 3.99. The molecule has 0 spiro atoms. The minimum absolute atomic E-state index is 0.0790. The monoisotopic (exact) mass is 279 g/mol. The smallest absolute Gasteiger partial charge is 0.311 e. The van der Waals surface area contributed by atoms with Gasteiger partial charge in [-0.15, -0.1) is 0 Å². The Morgan fingerprint density at radius 1 is 1.21 bits per heavy atom. The number of rotatable bonds is 4. The fraction of sp³-hybridized carbons (Fsp3) is 0.0769. The fourth-order valence-corrected chi connectivity index (χ4v) is 1.83. The van der Waals surface area contributed by atoms with Crippen LogP contribution in [0, 0.1) is 10.1 Å². The van der Waals surface area contributed by atoms with Gasteiger partial charge in [-0.05, 0) is 12.1 Å². The minimum Gasteiger partial charge on any atom is -0.448 e. The zero-order valence-electron chi connectivity index (χ0n) is 9.75. The molecule has 2 aromatic rings. The molecule has 0 aliphatic carbocycles. The topological polar surface area (TPSA) is 72.6 Å². The number of halogens is 1. The number of nitro benzene ring substituents is 1. The molecule has 2 aromatic carbocycles. The molecular weight excluding hydrogens is 270 g/mol. The molecule has 6 heteroatoms. The molecule has 0 aliphatic heterocycles. The molecule has 0 aromatic heterocycles. The van der Waals surface area contributed by atoms with E-state index in [-0.39, 0.29) is 28.8 Å². The molecule has 5 nitrogen and oxygen atoms in total. The summed E-state index contributed by atoms with van der Waals surface area (Å²) < 4.78 is 5.49. The van der Waals surface area contributed by atoms with E-state index in [0.717, 1.165) is 0 Å². The third-order valence-electron chi connectivity index (χ3n) is 2.49. The summed E-state index contributed by atoms with van der Waals surface area (Å²) in [5.74, 6) is 0.302. The summed E-state index contributed by atoms with van der Waals surface area (Å²) in [6.07, 6.45) is 0. The van der Waals surface area contributed by atoms with E-state index in [2.05, 4.69) is 0 Å². The highest BCUT2D eigenvalue weighted by molar-refractivity contribution is 6.32. The quantitative estimate of drug-likeness (QED) is 0.686. The van der Waals surface area contributed by atoms with E-state index >= 15 is 0 Å². The average molecular weight is 280 g/mol. The van der Waals surface area contributed by atoms with E-state index in [1.807, 2.05) is 0 Å². The number of ether oxygens (including phenoxy) is 1. The van der Waals surface area contributed by atoms with E-state index in [0.29, 0.717) is 5.56 Å². The van der Waals surface area contributed by atoms with Crippen molar-refractivity contribution in [1.82, 2.24) is 0 Å². The minimum atomic E-state index is -0.537. The molecule has 0 saturated carbocycles. The Hall–Kier alpha value is -2.11. The van der Waals surface area contributed by atoms with Crippen LogP contribution in [0.4, 0.5) is 5.69 Å². The Bertz CT molecular complexity index is 615. The maximum absolute atomic E-state index is 10.9. The standard InChI is InChI=1S/C13H10ClNO4/c14-10-5-3-4-9(8-16)13(10)19-12-7-2-1-6-11(12)15(17)18/h1-7,16H,8H2. The summed E-state index contributed by atoms with van der Waals surface area (Å²) in [6.45, 7) is -0.267. The summed E-state index contributed by atoms with van der Waals surface area (Å²) in [4.78, 5) is 10.4. The van der Waals surface area contributed by atoms with Gasteiger partial charge in [0.15, 0.2) is 5.75 Å². The molecule has 0 atom stereocenters. The van der Waals surface area contributed by atoms with Gasteiger partial charge in [0.1, 0.15) is 0 Å². The van der Waals surface area contributed by atoms with Gasteiger partial charge in [0.25, 0.3) is 0 Å². The normalized spacial score (nSPS) is 10.2. The molecule has 98 valence electrons. The third-order valence-corrected chi connectivity index (χ3v) is 2.79. The highest BCUT2D eigenvalue weighted by Crippen LogP contribution is 2.36. The third kappa shape index (κ3) is 2.83. The number of nitrogens with zero attached hydrogens (tertiary/aromatic N) is 1. The Morgan fingerprint density at radius 2 is 1.95 bits per heavy atom. The van der Waals surface area contributed by atoms with Crippen LogP contribution in [0.2, 0.25) is 5.02 Å². The van der Waals surface area contributed by atoms with Gasteiger partial charge in [-0.2, -0.15) is 0 Å². The van der Waals surface area contributed by atoms with Crippen LogP contribution in [-0.4, -0.2) is 10.0 Å². The Balaban J connectivity index is 2.45. The molecule has 0 amide bonds. The lowest BCUT2D eigenvalue weighted by Crippen LogP contribution is -1.96. The van der Waals surface area contributed by atoms with Crippen molar-refractivity contribution >= 4 is 17.3 Å². The second kappa shape index (κ2) is 5.69. The lowest BCUT2D eigenvalue weighted by Gasteiger charge is -2.11. The first kappa shape index (κ1) is 13.3. The van der Waals surface area contributed by atoms with Gasteiger partial charge in [-0.1, -0.05) is 35.9 Å². The first-order chi connectivity index (χ1) is 9.13. The van der Waals surface area contributed by atoms with Crippen molar-refractivity contribution in [3.63, 3.8) is 0 Å². The summed E-state index contributed by atoms with van der Waals surface area (Å²) >= 11 is 5.98. The van der Waals surface area contributed by atoms with Gasteiger partial charge in [-0.25, -0.2) is 0 Å². The zero-order chi connectivity index (χ0) is 13.8. The van der Waals surface area contributed by atoms with E-state index < -0.39 is 4.92 Å². The van der Waals surface area contributed by atoms with Crippen molar-refractivity contribution in [2.45, 2.75) is 6.61 Å². The second-order valence-electron chi connectivity index (χ2n) is 3.71. The van der Waals surface area contributed by atoms with Crippen molar-refractivity contribution in [2.24, 2.45) is 0 Å². The van der Waals surface area contributed by atoms with Crippen molar-refractivity contribution in [3.05, 3.63) is 63.2 Å². The zero-order valence-corrected chi connectivity index (χ0v) is 10.5. The molecule has 0 unspecified atom stereocenters. The van der Waals surface area contributed by atoms with E-state index in [1.165, 1.54) is 12.1 Å². The fourth-order valence-electron chi connectivity index (χ4n) is 1.60. The van der Waals surface area contributed by atoms with Crippen LogP contribution in [0.15, 0.2) is 42.5 Å². The van der Waals surface area contributed by atoms with Crippen LogP contribution < -0.4 is 4.74 Å².